The SMILES string of the molecule is Cc1cc(C)nc(NC(=O)c2cc(C)ccc2O)c1. The molecule has 98 valence electrons. The van der Waals surface area contributed by atoms with Gasteiger partial charge in [0.2, 0.25) is 0 Å². The highest BCUT2D eigenvalue weighted by molar-refractivity contribution is 6.05. The van der Waals surface area contributed by atoms with E-state index in [1.165, 1.54) is 6.07 Å². The molecule has 0 aliphatic carbocycles. The van der Waals surface area contributed by atoms with Gasteiger partial charge in [0.1, 0.15) is 11.6 Å². The number of phenolic OH excluding ortho intramolecular Hbond substituents is 1. The normalized spacial score (nSPS) is 10.3. The molecule has 0 unspecified atom stereocenters. The third-order valence-electron chi connectivity index (χ3n) is 2.74. The first-order valence-corrected chi connectivity index (χ1v) is 6.02. The predicted molar refractivity (Wildman–Crippen MR) is 74.5 cm³/mol. The van der Waals surface area contributed by atoms with Crippen molar-refractivity contribution in [3.8, 4) is 5.75 Å². The summed E-state index contributed by atoms with van der Waals surface area (Å²) in [7, 11) is 0. The Balaban J connectivity index is 2.28. The first kappa shape index (κ1) is 13.1. The van der Waals surface area contributed by atoms with E-state index in [1.54, 1.807) is 18.2 Å². The Labute approximate surface area is 112 Å². The maximum Gasteiger partial charge on any atom is 0.260 e. The number of phenols is 1. The van der Waals surface area contributed by atoms with Crippen LogP contribution < -0.4 is 5.32 Å². The van der Waals surface area contributed by atoms with Crippen molar-refractivity contribution in [2.45, 2.75) is 20.8 Å². The summed E-state index contributed by atoms with van der Waals surface area (Å²) < 4.78 is 0. The molecule has 1 aromatic carbocycles. The van der Waals surface area contributed by atoms with Crippen LogP contribution >= 0.6 is 0 Å². The summed E-state index contributed by atoms with van der Waals surface area (Å²) in [6, 6.07) is 8.63. The Bertz CT molecular complexity index is 616. The van der Waals surface area contributed by atoms with E-state index in [0.29, 0.717) is 5.82 Å². The highest BCUT2D eigenvalue weighted by Gasteiger charge is 2.12. The highest BCUT2D eigenvalue weighted by atomic mass is 16.3. The summed E-state index contributed by atoms with van der Waals surface area (Å²) in [5.74, 6) is 0.0922. The second kappa shape index (κ2) is 5.10. The largest absolute Gasteiger partial charge is 0.507 e. The fourth-order valence-electron chi connectivity index (χ4n) is 1.92. The Kier molecular flexibility index (Phi) is 3.51. The van der Waals surface area contributed by atoms with E-state index < -0.39 is 0 Å². The molecule has 0 fully saturated rings. The van der Waals surface area contributed by atoms with E-state index in [0.717, 1.165) is 16.8 Å². The van der Waals surface area contributed by atoms with Crippen LogP contribution in [0.1, 0.15) is 27.2 Å². The van der Waals surface area contributed by atoms with E-state index in [1.807, 2.05) is 26.8 Å². The number of nitrogens with zero attached hydrogens (tertiary/aromatic N) is 1. The van der Waals surface area contributed by atoms with Crippen molar-refractivity contribution in [3.05, 3.63) is 52.7 Å². The molecule has 4 heteroatoms. The van der Waals surface area contributed by atoms with Crippen LogP contribution in [-0.2, 0) is 0 Å². The lowest BCUT2D eigenvalue weighted by molar-refractivity contribution is 0.102. The van der Waals surface area contributed by atoms with Gasteiger partial charge in [0.25, 0.3) is 5.91 Å². The van der Waals surface area contributed by atoms with E-state index in [4.69, 9.17) is 0 Å². The number of pyridine rings is 1. The lowest BCUT2D eigenvalue weighted by Crippen LogP contribution is -2.13. The zero-order valence-electron chi connectivity index (χ0n) is 11.2. The van der Waals surface area contributed by atoms with Crippen LogP contribution in [0, 0.1) is 20.8 Å². The zero-order chi connectivity index (χ0) is 14.0. The molecule has 2 aromatic rings. The van der Waals surface area contributed by atoms with Crippen LogP contribution in [0.5, 0.6) is 5.75 Å². The molecular formula is C15H16N2O2. The molecule has 0 aliphatic heterocycles. The van der Waals surface area contributed by atoms with Crippen LogP contribution in [0.15, 0.2) is 30.3 Å². The van der Waals surface area contributed by atoms with E-state index in [2.05, 4.69) is 10.3 Å². The number of anilines is 1. The van der Waals surface area contributed by atoms with Gasteiger partial charge in [-0.3, -0.25) is 4.79 Å². The Morgan fingerprint density at radius 3 is 2.53 bits per heavy atom. The number of hydrogen-bond donors (Lipinski definition) is 2. The number of nitrogens with one attached hydrogen (secondary N) is 1. The van der Waals surface area contributed by atoms with Crippen LogP contribution in [0.4, 0.5) is 5.82 Å². The number of aromatic hydroxyl groups is 1. The third-order valence-corrected chi connectivity index (χ3v) is 2.74. The number of carbonyl (C=O) groups excluding carboxylic acids is 1. The molecule has 0 spiro atoms. The first-order chi connectivity index (χ1) is 8.95. The molecule has 2 rings (SSSR count). The highest BCUT2D eigenvalue weighted by Crippen LogP contribution is 2.19. The number of hydrogen-bond acceptors (Lipinski definition) is 3. The molecule has 2 N–H and O–H groups in total. The lowest BCUT2D eigenvalue weighted by Gasteiger charge is -2.08. The average Bonchev–Trinajstić information content (AvgIpc) is 2.30. The predicted octanol–water partition coefficient (Wildman–Crippen LogP) is 2.96. The van der Waals surface area contributed by atoms with E-state index in [-0.39, 0.29) is 17.2 Å². The Morgan fingerprint density at radius 2 is 1.84 bits per heavy atom. The van der Waals surface area contributed by atoms with Gasteiger partial charge in [-0.05, 0) is 50.6 Å². The standard InChI is InChI=1S/C15H16N2O2/c1-9-4-5-13(18)12(7-9)15(19)17-14-8-10(2)6-11(3)16-14/h4-8,18H,1-3H3,(H,16,17,19). The van der Waals surface area contributed by atoms with E-state index in [9.17, 15) is 9.90 Å². The van der Waals surface area contributed by atoms with Gasteiger partial charge in [0.05, 0.1) is 5.56 Å². The van der Waals surface area contributed by atoms with Crippen LogP contribution in [-0.4, -0.2) is 16.0 Å². The van der Waals surface area contributed by atoms with Gasteiger partial charge in [-0.25, -0.2) is 4.98 Å². The average molecular weight is 256 g/mol. The summed E-state index contributed by atoms with van der Waals surface area (Å²) in [5, 5.41) is 12.4. The first-order valence-electron chi connectivity index (χ1n) is 6.02. The van der Waals surface area contributed by atoms with Crippen LogP contribution in [0.25, 0.3) is 0 Å². The molecule has 0 atom stereocenters. The van der Waals surface area contributed by atoms with Gasteiger partial charge in [-0.15, -0.1) is 0 Å². The smallest absolute Gasteiger partial charge is 0.260 e. The van der Waals surface area contributed by atoms with Crippen molar-refractivity contribution >= 4 is 11.7 Å². The zero-order valence-corrected chi connectivity index (χ0v) is 11.2. The second-order valence-corrected chi connectivity index (χ2v) is 4.65. The number of aryl methyl sites for hydroxylation is 3. The van der Waals surface area contributed by atoms with E-state index >= 15 is 0 Å². The lowest BCUT2D eigenvalue weighted by atomic mass is 10.1. The van der Waals surface area contributed by atoms with Gasteiger partial charge in [0, 0.05) is 5.69 Å². The fraction of sp³-hybridized carbons (Fsp3) is 0.200. The van der Waals surface area contributed by atoms with Crippen LogP contribution in [0.3, 0.4) is 0 Å². The monoisotopic (exact) mass is 256 g/mol. The number of rotatable bonds is 2. The van der Waals surface area contributed by atoms with Crippen molar-refractivity contribution in [1.29, 1.82) is 0 Å². The van der Waals surface area contributed by atoms with Gasteiger partial charge in [0.15, 0.2) is 0 Å². The maximum atomic E-state index is 12.1. The summed E-state index contributed by atoms with van der Waals surface area (Å²) in [5.41, 5.74) is 3.03. The van der Waals surface area contributed by atoms with Crippen molar-refractivity contribution in [3.63, 3.8) is 0 Å². The minimum absolute atomic E-state index is 0.0347. The molecule has 0 aliphatic rings. The molecule has 4 nitrogen and oxygen atoms in total. The topological polar surface area (TPSA) is 62.2 Å². The second-order valence-electron chi connectivity index (χ2n) is 4.65. The molecule has 0 saturated heterocycles. The van der Waals surface area contributed by atoms with Crippen molar-refractivity contribution in [1.82, 2.24) is 4.98 Å². The van der Waals surface area contributed by atoms with Crippen molar-refractivity contribution < 1.29 is 9.90 Å². The third kappa shape index (κ3) is 3.10. The minimum Gasteiger partial charge on any atom is -0.507 e. The Morgan fingerprint density at radius 1 is 1.11 bits per heavy atom. The fourth-order valence-corrected chi connectivity index (χ4v) is 1.92. The minimum atomic E-state index is -0.362. The van der Waals surface area contributed by atoms with Gasteiger partial charge >= 0.3 is 0 Å². The molecule has 1 heterocycles. The summed E-state index contributed by atoms with van der Waals surface area (Å²) in [6.45, 7) is 5.67. The summed E-state index contributed by atoms with van der Waals surface area (Å²) in [4.78, 5) is 16.3. The summed E-state index contributed by atoms with van der Waals surface area (Å²) in [6.07, 6.45) is 0. The van der Waals surface area contributed by atoms with Gasteiger partial charge in [-0.1, -0.05) is 11.6 Å². The number of amides is 1. The number of benzene rings is 1. The van der Waals surface area contributed by atoms with Crippen molar-refractivity contribution in [2.24, 2.45) is 0 Å². The summed E-state index contributed by atoms with van der Waals surface area (Å²) >= 11 is 0. The number of aromatic nitrogens is 1. The van der Waals surface area contributed by atoms with Gasteiger partial charge < -0.3 is 10.4 Å². The molecular weight excluding hydrogens is 240 g/mol. The maximum absolute atomic E-state index is 12.1. The van der Waals surface area contributed by atoms with Gasteiger partial charge in [-0.2, -0.15) is 0 Å². The Hall–Kier alpha value is -2.36. The molecule has 0 bridgehead atoms. The molecule has 1 aromatic heterocycles. The molecule has 0 saturated carbocycles. The van der Waals surface area contributed by atoms with Crippen molar-refractivity contribution in [2.75, 3.05) is 5.32 Å². The number of carbonyl (C=O) groups is 1. The molecule has 19 heavy (non-hydrogen) atoms. The molecule has 1 amide bonds. The molecule has 0 radical (unpaired) electrons. The quantitative estimate of drug-likeness (QED) is 0.868. The van der Waals surface area contributed by atoms with Crippen LogP contribution in [0.2, 0.25) is 0 Å².